The summed E-state index contributed by atoms with van der Waals surface area (Å²) in [5, 5.41) is 14.8. The fourth-order valence-corrected chi connectivity index (χ4v) is 4.50. The van der Waals surface area contributed by atoms with Gasteiger partial charge in [-0.15, -0.1) is 0 Å². The molecule has 0 unspecified atom stereocenters. The van der Waals surface area contributed by atoms with E-state index in [-0.39, 0.29) is 17.2 Å². The highest BCUT2D eigenvalue weighted by Gasteiger charge is 2.22. The number of amides is 1. The number of non-ortho nitro benzene ring substituents is 1. The van der Waals surface area contributed by atoms with Crippen molar-refractivity contribution in [1.82, 2.24) is 0 Å². The van der Waals surface area contributed by atoms with Crippen molar-refractivity contribution >= 4 is 57.6 Å². The molecular weight excluding hydrogens is 460 g/mol. The zero-order chi connectivity index (χ0) is 23.5. The largest absolute Gasteiger partial charge is 0.369 e. The third-order valence-electron chi connectivity index (χ3n) is 5.54. The highest BCUT2D eigenvalue weighted by molar-refractivity contribution is 7.80. The Bertz CT molecular complexity index is 1260. The summed E-state index contributed by atoms with van der Waals surface area (Å²) < 4.78 is 0. The summed E-state index contributed by atoms with van der Waals surface area (Å²) in [6.07, 6.45) is 3.16. The van der Waals surface area contributed by atoms with Crippen LogP contribution in [0.15, 0.2) is 60.7 Å². The maximum absolute atomic E-state index is 11.7. The Hall–Kier alpha value is -3.49. The number of nitrogens with zero attached hydrogens (tertiary/aromatic N) is 2. The number of rotatable bonds is 6. The molecule has 0 bridgehead atoms. The molecule has 3 aromatic carbocycles. The minimum absolute atomic E-state index is 0.0395. The van der Waals surface area contributed by atoms with E-state index in [1.165, 1.54) is 29.3 Å². The average Bonchev–Trinajstić information content (AvgIpc) is 3.24. The minimum Gasteiger partial charge on any atom is -0.369 e. The molecule has 1 aliphatic rings. The van der Waals surface area contributed by atoms with Crippen LogP contribution in [0.3, 0.4) is 0 Å². The Morgan fingerprint density at radius 3 is 2.64 bits per heavy atom. The summed E-state index contributed by atoms with van der Waals surface area (Å²) in [5.41, 5.74) is 10.5. The molecule has 0 aliphatic heterocycles. The van der Waals surface area contributed by atoms with Crippen LogP contribution in [0.5, 0.6) is 0 Å². The lowest BCUT2D eigenvalue weighted by Crippen LogP contribution is -2.32. The van der Waals surface area contributed by atoms with E-state index in [1.54, 1.807) is 4.90 Å². The number of para-hydroxylation sites is 1. The summed E-state index contributed by atoms with van der Waals surface area (Å²) >= 11 is 12.1. The molecule has 7 nitrogen and oxygen atoms in total. The Morgan fingerprint density at radius 1 is 1.12 bits per heavy atom. The predicted molar refractivity (Wildman–Crippen MR) is 134 cm³/mol. The van der Waals surface area contributed by atoms with E-state index < -0.39 is 10.8 Å². The van der Waals surface area contributed by atoms with Crippen LogP contribution >= 0.6 is 23.8 Å². The molecule has 0 spiro atoms. The van der Waals surface area contributed by atoms with Crippen molar-refractivity contribution in [3.8, 4) is 0 Å². The predicted octanol–water partition coefficient (Wildman–Crippen LogP) is 5.30. The topological polar surface area (TPSA) is 102 Å². The molecule has 0 heterocycles. The number of carbonyl (C=O) groups excluding carboxylic acids is 1. The third kappa shape index (κ3) is 4.97. The normalized spacial score (nSPS) is 12.2. The van der Waals surface area contributed by atoms with Crippen molar-refractivity contribution in [2.45, 2.75) is 25.7 Å². The van der Waals surface area contributed by atoms with Crippen molar-refractivity contribution in [2.75, 3.05) is 10.2 Å². The lowest BCUT2D eigenvalue weighted by molar-refractivity contribution is -0.384. The second-order valence-electron chi connectivity index (χ2n) is 7.77. The number of aryl methyl sites for hydroxylation is 2. The molecule has 33 heavy (non-hydrogen) atoms. The fourth-order valence-electron chi connectivity index (χ4n) is 4.02. The SMILES string of the molecule is NC(=O)Cc1ccccc1N(C(=S)Nc1cc([N+](=O)[O-])ccc1Cl)c1ccc2c(c1)CCC2. The second kappa shape index (κ2) is 9.56. The summed E-state index contributed by atoms with van der Waals surface area (Å²) in [7, 11) is 0. The molecule has 1 aliphatic carbocycles. The summed E-state index contributed by atoms with van der Waals surface area (Å²) in [6, 6.07) is 17.6. The van der Waals surface area contributed by atoms with E-state index in [0.717, 1.165) is 24.9 Å². The Labute approximate surface area is 201 Å². The van der Waals surface area contributed by atoms with Gasteiger partial charge in [-0.05, 0) is 72.4 Å². The Morgan fingerprint density at radius 2 is 1.88 bits per heavy atom. The van der Waals surface area contributed by atoms with Gasteiger partial charge in [-0.25, -0.2) is 0 Å². The molecule has 168 valence electrons. The number of nitro groups is 1. The smallest absolute Gasteiger partial charge is 0.271 e. The van der Waals surface area contributed by atoms with Crippen LogP contribution in [-0.4, -0.2) is 15.9 Å². The highest BCUT2D eigenvalue weighted by Crippen LogP contribution is 2.35. The number of primary amides is 1. The van der Waals surface area contributed by atoms with Gasteiger partial charge in [0.25, 0.3) is 5.69 Å². The molecule has 0 aromatic heterocycles. The van der Waals surface area contributed by atoms with Gasteiger partial charge in [0, 0.05) is 17.8 Å². The summed E-state index contributed by atoms with van der Waals surface area (Å²) in [4.78, 5) is 24.3. The first kappa shape index (κ1) is 22.7. The first-order chi connectivity index (χ1) is 15.8. The monoisotopic (exact) mass is 480 g/mol. The lowest BCUT2D eigenvalue weighted by atomic mass is 10.1. The van der Waals surface area contributed by atoms with Gasteiger partial charge in [-0.2, -0.15) is 0 Å². The molecule has 1 amide bonds. The van der Waals surface area contributed by atoms with Crippen LogP contribution < -0.4 is 16.0 Å². The number of anilines is 3. The average molecular weight is 481 g/mol. The molecule has 4 rings (SSSR count). The molecule has 0 saturated heterocycles. The fraction of sp³-hybridized carbons (Fsp3) is 0.167. The van der Waals surface area contributed by atoms with Crippen LogP contribution in [-0.2, 0) is 24.1 Å². The van der Waals surface area contributed by atoms with Crippen LogP contribution in [0, 0.1) is 10.1 Å². The molecule has 9 heteroatoms. The molecule has 3 aromatic rings. The molecular formula is C24H21ClN4O3S. The van der Waals surface area contributed by atoms with Gasteiger partial charge in [-0.3, -0.25) is 19.8 Å². The first-order valence-corrected chi connectivity index (χ1v) is 11.1. The number of thiocarbonyl (C=S) groups is 1. The van der Waals surface area contributed by atoms with E-state index >= 15 is 0 Å². The van der Waals surface area contributed by atoms with Gasteiger partial charge in [0.1, 0.15) is 0 Å². The molecule has 0 fully saturated rings. The number of nitro benzene ring substituents is 1. The van der Waals surface area contributed by atoms with Gasteiger partial charge in [0.2, 0.25) is 5.91 Å². The first-order valence-electron chi connectivity index (χ1n) is 10.4. The van der Waals surface area contributed by atoms with Crippen molar-refractivity contribution in [3.63, 3.8) is 0 Å². The maximum Gasteiger partial charge on any atom is 0.271 e. The number of hydrogen-bond acceptors (Lipinski definition) is 4. The highest BCUT2D eigenvalue weighted by atomic mass is 35.5. The van der Waals surface area contributed by atoms with Crippen LogP contribution in [0.4, 0.5) is 22.7 Å². The van der Waals surface area contributed by atoms with Crippen molar-refractivity contribution < 1.29 is 9.72 Å². The Balaban J connectivity index is 1.79. The standard InChI is InChI=1S/C24H21ClN4O3S/c25-20-11-10-19(29(31)32)14-21(20)27-24(33)28(18-9-8-15-5-3-6-16(15)12-18)22-7-2-1-4-17(22)13-23(26)30/h1-2,4,7-12,14H,3,5-6,13H2,(H2,26,30)(H,27,33). The quantitative estimate of drug-likeness (QED) is 0.282. The van der Waals surface area contributed by atoms with E-state index in [9.17, 15) is 14.9 Å². The summed E-state index contributed by atoms with van der Waals surface area (Å²) in [6.45, 7) is 0. The van der Waals surface area contributed by atoms with Crippen LogP contribution in [0.2, 0.25) is 5.02 Å². The van der Waals surface area contributed by atoms with Crippen molar-refractivity contribution in [1.29, 1.82) is 0 Å². The Kier molecular flexibility index (Phi) is 6.57. The van der Waals surface area contributed by atoms with Gasteiger partial charge in [0.05, 0.1) is 27.7 Å². The zero-order valence-corrected chi connectivity index (χ0v) is 19.2. The molecule has 3 N–H and O–H groups in total. The van der Waals surface area contributed by atoms with Gasteiger partial charge in [-0.1, -0.05) is 35.9 Å². The number of nitrogens with two attached hydrogens (primary N) is 1. The molecule has 0 atom stereocenters. The van der Waals surface area contributed by atoms with E-state index in [2.05, 4.69) is 17.4 Å². The summed E-state index contributed by atoms with van der Waals surface area (Å²) in [5.74, 6) is -0.461. The maximum atomic E-state index is 11.7. The van der Waals surface area contributed by atoms with E-state index in [0.29, 0.717) is 22.0 Å². The number of carbonyl (C=O) groups is 1. The molecule has 0 saturated carbocycles. The van der Waals surface area contributed by atoms with Crippen molar-refractivity contribution in [2.24, 2.45) is 5.73 Å². The number of hydrogen-bond donors (Lipinski definition) is 2. The van der Waals surface area contributed by atoms with Crippen LogP contribution in [0.25, 0.3) is 0 Å². The second-order valence-corrected chi connectivity index (χ2v) is 8.56. The zero-order valence-electron chi connectivity index (χ0n) is 17.6. The van der Waals surface area contributed by atoms with Crippen molar-refractivity contribution in [3.05, 3.63) is 92.5 Å². The number of nitrogens with one attached hydrogen (secondary N) is 1. The third-order valence-corrected chi connectivity index (χ3v) is 6.16. The van der Waals surface area contributed by atoms with Gasteiger partial charge < -0.3 is 11.1 Å². The van der Waals surface area contributed by atoms with Gasteiger partial charge >= 0.3 is 0 Å². The van der Waals surface area contributed by atoms with E-state index in [1.807, 2.05) is 30.3 Å². The van der Waals surface area contributed by atoms with Gasteiger partial charge in [0.15, 0.2) is 5.11 Å². The number of fused-ring (bicyclic) bond motifs is 1. The van der Waals surface area contributed by atoms with Crippen LogP contribution in [0.1, 0.15) is 23.1 Å². The molecule has 0 radical (unpaired) electrons. The lowest BCUT2D eigenvalue weighted by Gasteiger charge is -2.29. The number of halogens is 1. The number of benzene rings is 3. The van der Waals surface area contributed by atoms with E-state index in [4.69, 9.17) is 29.6 Å². The minimum atomic E-state index is -0.495.